The van der Waals surface area contributed by atoms with Gasteiger partial charge in [0, 0.05) is 5.56 Å². The molecule has 1 aromatic carbocycles. The number of hydrogen-bond acceptors (Lipinski definition) is 7. The second kappa shape index (κ2) is 7.71. The number of benzene rings is 1. The summed E-state index contributed by atoms with van der Waals surface area (Å²) >= 11 is 0. The molecule has 0 radical (unpaired) electrons. The second-order valence-corrected chi connectivity index (χ2v) is 4.94. The standard InChI is InChI=1S/C17H19NO7/c1-22-9-5-6-12(23-2)10(7-9)15-14(17(21)25-4)13(16(20)24-3)11(8-19)18-15/h5-7,18-19H,8H2,1-4H3. The predicted octanol–water partition coefficient (Wildman–Crippen LogP) is 1.76. The van der Waals surface area contributed by atoms with Gasteiger partial charge < -0.3 is 29.0 Å². The van der Waals surface area contributed by atoms with Crippen LogP contribution in [0.2, 0.25) is 0 Å². The molecule has 0 saturated carbocycles. The Morgan fingerprint density at radius 2 is 1.64 bits per heavy atom. The summed E-state index contributed by atoms with van der Waals surface area (Å²) in [6.45, 7) is -0.499. The number of aromatic nitrogens is 1. The number of methoxy groups -OCH3 is 4. The molecule has 2 N–H and O–H groups in total. The summed E-state index contributed by atoms with van der Waals surface area (Å²) in [5.74, 6) is -0.565. The molecule has 0 spiro atoms. The molecule has 0 aliphatic rings. The average molecular weight is 349 g/mol. The van der Waals surface area contributed by atoms with E-state index in [1.165, 1.54) is 28.4 Å². The molecule has 2 aromatic rings. The molecule has 2 rings (SSSR count). The summed E-state index contributed by atoms with van der Waals surface area (Å²) in [5.41, 5.74) is 0.716. The molecular weight excluding hydrogens is 330 g/mol. The van der Waals surface area contributed by atoms with E-state index in [0.29, 0.717) is 17.1 Å². The number of aliphatic hydroxyl groups excluding tert-OH is 1. The van der Waals surface area contributed by atoms with E-state index in [-0.39, 0.29) is 22.5 Å². The van der Waals surface area contributed by atoms with Gasteiger partial charge in [0.1, 0.15) is 17.1 Å². The quantitative estimate of drug-likeness (QED) is 0.765. The van der Waals surface area contributed by atoms with E-state index in [1.54, 1.807) is 18.2 Å². The van der Waals surface area contributed by atoms with E-state index in [2.05, 4.69) is 4.98 Å². The highest BCUT2D eigenvalue weighted by Gasteiger charge is 2.30. The molecule has 0 saturated heterocycles. The van der Waals surface area contributed by atoms with Gasteiger partial charge in [-0.25, -0.2) is 9.59 Å². The molecule has 8 nitrogen and oxygen atoms in total. The van der Waals surface area contributed by atoms with Gasteiger partial charge in [-0.3, -0.25) is 0 Å². The van der Waals surface area contributed by atoms with Crippen LogP contribution < -0.4 is 9.47 Å². The first-order valence-electron chi connectivity index (χ1n) is 7.27. The minimum atomic E-state index is -0.770. The number of esters is 2. The van der Waals surface area contributed by atoms with Crippen LogP contribution in [0, 0.1) is 0 Å². The van der Waals surface area contributed by atoms with Crippen LogP contribution in [0.1, 0.15) is 26.4 Å². The van der Waals surface area contributed by atoms with Crippen molar-refractivity contribution in [2.24, 2.45) is 0 Å². The first-order chi connectivity index (χ1) is 12.0. The number of rotatable bonds is 6. The fourth-order valence-electron chi connectivity index (χ4n) is 2.52. The summed E-state index contributed by atoms with van der Waals surface area (Å²) in [6.07, 6.45) is 0. The normalized spacial score (nSPS) is 10.3. The average Bonchev–Trinajstić information content (AvgIpc) is 3.05. The van der Waals surface area contributed by atoms with Gasteiger partial charge in [-0.2, -0.15) is 0 Å². The molecule has 0 amide bonds. The Hall–Kier alpha value is -3.00. The van der Waals surface area contributed by atoms with E-state index < -0.39 is 18.5 Å². The van der Waals surface area contributed by atoms with Gasteiger partial charge in [0.05, 0.1) is 52.0 Å². The molecular formula is C17H19NO7. The first kappa shape index (κ1) is 18.3. The maximum Gasteiger partial charge on any atom is 0.340 e. The molecule has 0 bridgehead atoms. The van der Waals surface area contributed by atoms with Crippen molar-refractivity contribution in [2.45, 2.75) is 6.61 Å². The minimum absolute atomic E-state index is 0.0510. The molecule has 25 heavy (non-hydrogen) atoms. The van der Waals surface area contributed by atoms with Crippen molar-refractivity contribution in [3.63, 3.8) is 0 Å². The molecule has 0 aliphatic carbocycles. The molecule has 134 valence electrons. The number of carbonyl (C=O) groups is 2. The topological polar surface area (TPSA) is 107 Å². The molecule has 0 fully saturated rings. The zero-order chi connectivity index (χ0) is 18.6. The summed E-state index contributed by atoms with van der Waals surface area (Å²) in [7, 11) is 5.35. The molecule has 0 unspecified atom stereocenters. The summed E-state index contributed by atoms with van der Waals surface area (Å²) < 4.78 is 20.1. The largest absolute Gasteiger partial charge is 0.497 e. The van der Waals surface area contributed by atoms with Gasteiger partial charge in [0.15, 0.2) is 0 Å². The SMILES string of the molecule is COC(=O)c1c(CO)[nH]c(-c2cc(OC)ccc2OC)c1C(=O)OC. The summed E-state index contributed by atoms with van der Waals surface area (Å²) in [6, 6.07) is 4.99. The lowest BCUT2D eigenvalue weighted by molar-refractivity contribution is 0.0555. The zero-order valence-electron chi connectivity index (χ0n) is 14.3. The second-order valence-electron chi connectivity index (χ2n) is 4.94. The fourth-order valence-corrected chi connectivity index (χ4v) is 2.52. The number of ether oxygens (including phenoxy) is 4. The predicted molar refractivity (Wildman–Crippen MR) is 87.9 cm³/mol. The Morgan fingerprint density at radius 1 is 1.00 bits per heavy atom. The lowest BCUT2D eigenvalue weighted by Gasteiger charge is -2.11. The third kappa shape index (κ3) is 3.29. The van der Waals surface area contributed by atoms with Crippen molar-refractivity contribution >= 4 is 11.9 Å². The maximum atomic E-state index is 12.3. The molecule has 1 heterocycles. The lowest BCUT2D eigenvalue weighted by Crippen LogP contribution is -2.12. The van der Waals surface area contributed by atoms with Gasteiger partial charge >= 0.3 is 11.9 Å². The molecule has 8 heteroatoms. The number of hydrogen-bond donors (Lipinski definition) is 2. The van der Waals surface area contributed by atoms with Crippen molar-refractivity contribution in [1.29, 1.82) is 0 Å². The third-order valence-corrected chi connectivity index (χ3v) is 3.69. The van der Waals surface area contributed by atoms with Crippen LogP contribution in [-0.2, 0) is 16.1 Å². The molecule has 0 atom stereocenters. The van der Waals surface area contributed by atoms with Gasteiger partial charge in [0.2, 0.25) is 0 Å². The first-order valence-corrected chi connectivity index (χ1v) is 7.27. The van der Waals surface area contributed by atoms with E-state index in [1.807, 2.05) is 0 Å². The van der Waals surface area contributed by atoms with Crippen molar-refractivity contribution in [3.05, 3.63) is 35.0 Å². The van der Waals surface area contributed by atoms with E-state index >= 15 is 0 Å². The molecule has 0 aliphatic heterocycles. The number of nitrogens with one attached hydrogen (secondary N) is 1. The summed E-state index contributed by atoms with van der Waals surface area (Å²) in [5, 5.41) is 9.58. The van der Waals surface area contributed by atoms with Crippen LogP contribution in [0.25, 0.3) is 11.3 Å². The third-order valence-electron chi connectivity index (χ3n) is 3.69. The Morgan fingerprint density at radius 3 is 2.16 bits per heavy atom. The van der Waals surface area contributed by atoms with Gasteiger partial charge in [-0.15, -0.1) is 0 Å². The van der Waals surface area contributed by atoms with E-state index in [0.717, 1.165) is 0 Å². The smallest absolute Gasteiger partial charge is 0.340 e. The van der Waals surface area contributed by atoms with Crippen LogP contribution in [0.5, 0.6) is 11.5 Å². The van der Waals surface area contributed by atoms with Crippen LogP contribution in [-0.4, -0.2) is 50.5 Å². The monoisotopic (exact) mass is 349 g/mol. The van der Waals surface area contributed by atoms with Gasteiger partial charge in [0.25, 0.3) is 0 Å². The zero-order valence-corrected chi connectivity index (χ0v) is 14.3. The van der Waals surface area contributed by atoms with Crippen LogP contribution in [0.15, 0.2) is 18.2 Å². The number of carbonyl (C=O) groups excluding carboxylic acids is 2. The Balaban J connectivity index is 2.84. The van der Waals surface area contributed by atoms with Gasteiger partial charge in [-0.1, -0.05) is 0 Å². The van der Waals surface area contributed by atoms with Crippen molar-refractivity contribution < 1.29 is 33.6 Å². The number of aliphatic hydroxyl groups is 1. The van der Waals surface area contributed by atoms with E-state index in [4.69, 9.17) is 18.9 Å². The van der Waals surface area contributed by atoms with Crippen molar-refractivity contribution in [3.8, 4) is 22.8 Å². The van der Waals surface area contributed by atoms with Crippen LogP contribution in [0.4, 0.5) is 0 Å². The minimum Gasteiger partial charge on any atom is -0.497 e. The van der Waals surface area contributed by atoms with E-state index in [9.17, 15) is 14.7 Å². The van der Waals surface area contributed by atoms with Crippen molar-refractivity contribution in [2.75, 3.05) is 28.4 Å². The van der Waals surface area contributed by atoms with Crippen molar-refractivity contribution in [1.82, 2.24) is 4.98 Å². The Kier molecular flexibility index (Phi) is 5.66. The summed E-state index contributed by atoms with van der Waals surface area (Å²) in [4.78, 5) is 27.4. The highest BCUT2D eigenvalue weighted by Crippen LogP contribution is 2.37. The highest BCUT2D eigenvalue weighted by atomic mass is 16.5. The fraction of sp³-hybridized carbons (Fsp3) is 0.294. The number of aromatic amines is 1. The lowest BCUT2D eigenvalue weighted by atomic mass is 10.0. The number of H-pyrrole nitrogens is 1. The Labute approximate surface area is 144 Å². The van der Waals surface area contributed by atoms with Gasteiger partial charge in [-0.05, 0) is 18.2 Å². The Bertz CT molecular complexity index is 795. The maximum absolute atomic E-state index is 12.3. The van der Waals surface area contributed by atoms with Crippen LogP contribution in [0.3, 0.4) is 0 Å². The highest BCUT2D eigenvalue weighted by molar-refractivity contribution is 6.09. The molecule has 1 aromatic heterocycles. The van der Waals surface area contributed by atoms with Crippen LogP contribution >= 0.6 is 0 Å².